The summed E-state index contributed by atoms with van der Waals surface area (Å²) in [5.74, 6) is 0. The van der Waals surface area contributed by atoms with Crippen LogP contribution in [0.2, 0.25) is 0 Å². The van der Waals surface area contributed by atoms with Gasteiger partial charge in [-0.1, -0.05) is 31.9 Å². The highest BCUT2D eigenvalue weighted by Crippen LogP contribution is 2.25. The van der Waals surface area contributed by atoms with Crippen molar-refractivity contribution < 1.29 is 10.2 Å². The summed E-state index contributed by atoms with van der Waals surface area (Å²) in [5, 5.41) is 17.7. The van der Waals surface area contributed by atoms with Gasteiger partial charge in [-0.15, -0.1) is 0 Å². The van der Waals surface area contributed by atoms with Crippen molar-refractivity contribution in [2.24, 2.45) is 0 Å². The van der Waals surface area contributed by atoms with Crippen LogP contribution in [-0.4, -0.2) is 10.2 Å². The Hall–Kier alpha value is 0.1000. The van der Waals surface area contributed by atoms with Crippen molar-refractivity contribution in [3.05, 3.63) is 32.7 Å². The summed E-state index contributed by atoms with van der Waals surface area (Å²) in [4.78, 5) is 0. The molecule has 0 saturated carbocycles. The van der Waals surface area contributed by atoms with E-state index in [0.717, 1.165) is 4.47 Å². The fraction of sp³-hybridized carbons (Fsp3) is 0.143. The molecule has 1 aromatic rings. The van der Waals surface area contributed by atoms with E-state index in [1.807, 2.05) is 6.07 Å². The Morgan fingerprint density at radius 3 is 2.27 bits per heavy atom. The van der Waals surface area contributed by atoms with Crippen molar-refractivity contribution in [2.45, 2.75) is 6.29 Å². The van der Waals surface area contributed by atoms with E-state index in [1.165, 1.54) is 0 Å². The lowest BCUT2D eigenvalue weighted by Crippen LogP contribution is -1.95. The lowest BCUT2D eigenvalue weighted by atomic mass is 10.2. The zero-order valence-corrected chi connectivity index (χ0v) is 8.63. The van der Waals surface area contributed by atoms with Crippen LogP contribution in [0.4, 0.5) is 0 Å². The minimum atomic E-state index is -1.43. The van der Waals surface area contributed by atoms with Crippen molar-refractivity contribution in [3.8, 4) is 0 Å². The average Bonchev–Trinajstić information content (AvgIpc) is 1.94. The summed E-state index contributed by atoms with van der Waals surface area (Å²) in [6.45, 7) is 0. The molecule has 0 spiro atoms. The Morgan fingerprint density at radius 2 is 1.82 bits per heavy atom. The van der Waals surface area contributed by atoms with Crippen molar-refractivity contribution >= 4 is 31.9 Å². The fourth-order valence-corrected chi connectivity index (χ4v) is 1.54. The molecule has 2 N–H and O–H groups in total. The van der Waals surface area contributed by atoms with Gasteiger partial charge in [-0.2, -0.15) is 0 Å². The topological polar surface area (TPSA) is 40.5 Å². The standard InChI is InChI=1S/C7H6Br2O2/c8-4-1-2-6(9)5(3-4)7(10)11/h1-3,7,10-11H. The van der Waals surface area contributed by atoms with Crippen LogP contribution < -0.4 is 0 Å². The Bertz CT molecular complexity index is 261. The zero-order valence-electron chi connectivity index (χ0n) is 5.46. The molecule has 1 rings (SSSR count). The van der Waals surface area contributed by atoms with Crippen LogP contribution in [0.15, 0.2) is 27.1 Å². The molecule has 11 heavy (non-hydrogen) atoms. The average molecular weight is 282 g/mol. The first-order valence-corrected chi connectivity index (χ1v) is 4.51. The zero-order chi connectivity index (χ0) is 8.43. The maximum absolute atomic E-state index is 8.83. The molecule has 60 valence electrons. The Kier molecular flexibility index (Phi) is 3.06. The van der Waals surface area contributed by atoms with Crippen LogP contribution in [0, 0.1) is 0 Å². The second kappa shape index (κ2) is 3.67. The van der Waals surface area contributed by atoms with Gasteiger partial charge in [0, 0.05) is 14.5 Å². The summed E-state index contributed by atoms with van der Waals surface area (Å²) < 4.78 is 1.51. The van der Waals surface area contributed by atoms with Gasteiger partial charge in [0.2, 0.25) is 0 Å². The molecule has 0 aromatic heterocycles. The van der Waals surface area contributed by atoms with Crippen LogP contribution in [0.1, 0.15) is 11.9 Å². The van der Waals surface area contributed by atoms with Gasteiger partial charge in [0.25, 0.3) is 0 Å². The smallest absolute Gasteiger partial charge is 0.179 e. The van der Waals surface area contributed by atoms with E-state index >= 15 is 0 Å². The first-order chi connectivity index (χ1) is 5.11. The van der Waals surface area contributed by atoms with Crippen molar-refractivity contribution in [1.29, 1.82) is 0 Å². The lowest BCUT2D eigenvalue weighted by Gasteiger charge is -2.05. The summed E-state index contributed by atoms with van der Waals surface area (Å²) in [5.41, 5.74) is 0.458. The van der Waals surface area contributed by atoms with Crippen LogP contribution >= 0.6 is 31.9 Å². The second-order valence-electron chi connectivity index (χ2n) is 2.04. The molecule has 0 aliphatic carbocycles. The van der Waals surface area contributed by atoms with Crippen molar-refractivity contribution in [3.63, 3.8) is 0 Å². The molecule has 4 heteroatoms. The monoisotopic (exact) mass is 280 g/mol. The van der Waals surface area contributed by atoms with Crippen LogP contribution in [0.5, 0.6) is 0 Å². The maximum Gasteiger partial charge on any atom is 0.179 e. The van der Waals surface area contributed by atoms with Gasteiger partial charge >= 0.3 is 0 Å². The quantitative estimate of drug-likeness (QED) is 0.775. The molecule has 0 fully saturated rings. The number of halogens is 2. The van der Waals surface area contributed by atoms with Gasteiger partial charge in [-0.25, -0.2) is 0 Å². The molecule has 0 unspecified atom stereocenters. The highest BCUT2D eigenvalue weighted by atomic mass is 79.9. The van der Waals surface area contributed by atoms with Gasteiger partial charge in [-0.05, 0) is 18.2 Å². The molecule has 2 nitrogen and oxygen atoms in total. The van der Waals surface area contributed by atoms with Crippen molar-refractivity contribution in [1.82, 2.24) is 0 Å². The van der Waals surface area contributed by atoms with Gasteiger partial charge < -0.3 is 10.2 Å². The minimum absolute atomic E-state index is 0.458. The van der Waals surface area contributed by atoms with E-state index in [9.17, 15) is 0 Å². The first-order valence-electron chi connectivity index (χ1n) is 2.92. The van der Waals surface area contributed by atoms with E-state index in [1.54, 1.807) is 12.1 Å². The minimum Gasteiger partial charge on any atom is -0.364 e. The Labute approximate surface area is 81.1 Å². The van der Waals surface area contributed by atoms with Gasteiger partial charge in [0.05, 0.1) is 0 Å². The van der Waals surface area contributed by atoms with E-state index < -0.39 is 6.29 Å². The molecule has 0 heterocycles. The number of rotatable bonds is 1. The molecule has 0 saturated heterocycles. The molecule has 0 bridgehead atoms. The SMILES string of the molecule is OC(O)c1cc(Br)ccc1Br. The molecule has 0 aliphatic heterocycles. The summed E-state index contributed by atoms with van der Waals surface area (Å²) >= 11 is 6.41. The Balaban J connectivity index is 3.13. The Morgan fingerprint density at radius 1 is 1.18 bits per heavy atom. The lowest BCUT2D eigenvalue weighted by molar-refractivity contribution is -0.0430. The predicted molar refractivity (Wildman–Crippen MR) is 49.0 cm³/mol. The summed E-state index contributed by atoms with van der Waals surface area (Å²) in [7, 11) is 0. The molecular weight excluding hydrogens is 276 g/mol. The highest BCUT2D eigenvalue weighted by Gasteiger charge is 2.06. The number of hydrogen-bond donors (Lipinski definition) is 2. The van der Waals surface area contributed by atoms with Gasteiger partial charge in [0.1, 0.15) is 0 Å². The normalized spacial score (nSPS) is 10.6. The van der Waals surface area contributed by atoms with E-state index in [4.69, 9.17) is 10.2 Å². The predicted octanol–water partition coefficient (Wildman–Crippen LogP) is 2.19. The molecular formula is C7H6Br2O2. The van der Waals surface area contributed by atoms with Gasteiger partial charge in [0.15, 0.2) is 6.29 Å². The number of aliphatic hydroxyl groups is 2. The van der Waals surface area contributed by atoms with Crippen molar-refractivity contribution in [2.75, 3.05) is 0 Å². The summed E-state index contributed by atoms with van der Waals surface area (Å²) in [6, 6.07) is 5.21. The molecule has 0 aliphatic rings. The van der Waals surface area contributed by atoms with E-state index in [2.05, 4.69) is 31.9 Å². The third-order valence-electron chi connectivity index (χ3n) is 1.24. The highest BCUT2D eigenvalue weighted by molar-refractivity contribution is 9.11. The fourth-order valence-electron chi connectivity index (χ4n) is 0.712. The van der Waals surface area contributed by atoms with E-state index in [0.29, 0.717) is 10.0 Å². The van der Waals surface area contributed by atoms with Crippen LogP contribution in [0.25, 0.3) is 0 Å². The first kappa shape index (κ1) is 9.19. The van der Waals surface area contributed by atoms with E-state index in [-0.39, 0.29) is 0 Å². The molecule has 1 aromatic carbocycles. The largest absolute Gasteiger partial charge is 0.364 e. The molecule has 0 radical (unpaired) electrons. The third-order valence-corrected chi connectivity index (χ3v) is 2.45. The third kappa shape index (κ3) is 2.27. The number of benzene rings is 1. The van der Waals surface area contributed by atoms with Gasteiger partial charge in [-0.3, -0.25) is 0 Å². The maximum atomic E-state index is 8.83. The molecule has 0 amide bonds. The summed E-state index contributed by atoms with van der Waals surface area (Å²) in [6.07, 6.45) is -1.43. The second-order valence-corrected chi connectivity index (χ2v) is 3.81. The number of aliphatic hydroxyl groups excluding tert-OH is 1. The number of hydrogen-bond acceptors (Lipinski definition) is 2. The molecule has 0 atom stereocenters. The van der Waals surface area contributed by atoms with Crippen LogP contribution in [-0.2, 0) is 0 Å². The van der Waals surface area contributed by atoms with Crippen LogP contribution in [0.3, 0.4) is 0 Å².